The van der Waals surface area contributed by atoms with Crippen LogP contribution in [0, 0.1) is 0 Å². The second-order valence-electron chi connectivity index (χ2n) is 11.5. The van der Waals surface area contributed by atoms with Gasteiger partial charge in [-0.05, 0) is 84.6 Å². The van der Waals surface area contributed by atoms with Gasteiger partial charge in [-0.1, -0.05) is 146 Å². The number of hydrogen-bond acceptors (Lipinski definition) is 1. The minimum absolute atomic E-state index is 0.117. The molecule has 0 saturated heterocycles. The molecule has 0 aliphatic rings. The van der Waals surface area contributed by atoms with Crippen molar-refractivity contribution >= 4 is 43.4 Å². The first-order chi connectivity index (χ1) is 27.3. The highest BCUT2D eigenvalue weighted by atomic mass is 15.1. The molecule has 0 aliphatic carbocycles. The van der Waals surface area contributed by atoms with Gasteiger partial charge < -0.3 is 0 Å². The fourth-order valence-electron chi connectivity index (χ4n) is 6.98. The molecule has 2 heteroatoms. The van der Waals surface area contributed by atoms with Crippen LogP contribution < -0.4 is 0 Å². The summed E-state index contributed by atoms with van der Waals surface area (Å²) in [5, 5.41) is 5.19. The van der Waals surface area contributed by atoms with E-state index < -0.39 is 31.4 Å². The number of aryl methyl sites for hydroxylation is 1. The second-order valence-corrected chi connectivity index (χ2v) is 11.5. The monoisotopic (exact) mass is 610 g/mol. The number of aromatic nitrogens is 2. The van der Waals surface area contributed by atoms with E-state index in [9.17, 15) is 0 Å². The summed E-state index contributed by atoms with van der Waals surface area (Å²) in [7, 11) is 0. The summed E-state index contributed by atoms with van der Waals surface area (Å²) >= 11 is 0. The van der Waals surface area contributed by atoms with E-state index in [1.54, 1.807) is 28.8 Å². The molecule has 9 rings (SSSR count). The lowest BCUT2D eigenvalue weighted by Crippen LogP contribution is -2.01. The molecule has 2 nitrogen and oxygen atoms in total. The van der Waals surface area contributed by atoms with Gasteiger partial charge in [0.1, 0.15) is 5.82 Å². The Balaban J connectivity index is 1.39. The van der Waals surface area contributed by atoms with Gasteiger partial charge in [-0.3, -0.25) is 4.57 Å². The number of rotatable bonds is 5. The Morgan fingerprint density at radius 1 is 0.574 bits per heavy atom. The number of para-hydroxylation sites is 2. The topological polar surface area (TPSA) is 17.8 Å². The van der Waals surface area contributed by atoms with E-state index in [-0.39, 0.29) is 23.5 Å². The molecule has 0 aliphatic heterocycles. The summed E-state index contributed by atoms with van der Waals surface area (Å²) in [6.07, 6.45) is -2.77. The van der Waals surface area contributed by atoms with Crippen LogP contribution in [0.1, 0.15) is 26.4 Å². The molecule has 9 aromatic rings. The van der Waals surface area contributed by atoms with Crippen molar-refractivity contribution < 1.29 is 13.7 Å². The summed E-state index contributed by atoms with van der Waals surface area (Å²) in [5.41, 5.74) is 5.88. The maximum Gasteiger partial charge on any atom is 0.114 e. The van der Waals surface area contributed by atoms with Crippen LogP contribution in [0.2, 0.25) is 0 Å². The van der Waals surface area contributed by atoms with Gasteiger partial charge in [-0.25, -0.2) is 4.98 Å². The van der Waals surface area contributed by atoms with Crippen LogP contribution in [-0.2, 0) is 6.37 Å². The first kappa shape index (κ1) is 18.9. The van der Waals surface area contributed by atoms with Gasteiger partial charge >= 0.3 is 0 Å². The van der Waals surface area contributed by atoms with Crippen molar-refractivity contribution in [2.24, 2.45) is 0 Å². The van der Waals surface area contributed by atoms with Crippen LogP contribution in [0.3, 0.4) is 0 Å². The smallest absolute Gasteiger partial charge is 0.114 e. The molecule has 47 heavy (non-hydrogen) atoms. The molecule has 0 spiro atoms. The normalized spacial score (nSPS) is 15.2. The van der Waals surface area contributed by atoms with Gasteiger partial charge in [0.15, 0.2) is 0 Å². The first-order valence-corrected chi connectivity index (χ1v) is 15.4. The SMILES string of the molecule is [2H]c1c([2H])c([2H])c(-c2ccc3c(-c4ccc(-n5c(C([2H])([2H])C([2H])([2H])[2H])nc6ccccc65)c5ccccc45)c4ccccc4c(-c4ccccc4)c3c2)c([2H])c1[2H]. The van der Waals surface area contributed by atoms with Crippen molar-refractivity contribution in [1.82, 2.24) is 9.55 Å². The molecule has 0 saturated carbocycles. The second kappa shape index (κ2) is 11.1. The van der Waals surface area contributed by atoms with Gasteiger partial charge in [0.05, 0.1) is 23.6 Å². The third-order valence-electron chi connectivity index (χ3n) is 8.96. The van der Waals surface area contributed by atoms with Crippen molar-refractivity contribution in [3.8, 4) is 39.1 Å². The number of benzene rings is 8. The molecular weight excluding hydrogens is 569 g/mol. The van der Waals surface area contributed by atoms with Gasteiger partial charge in [0.25, 0.3) is 0 Å². The zero-order valence-corrected chi connectivity index (χ0v) is 25.1. The molecule has 0 N–H and O–H groups in total. The van der Waals surface area contributed by atoms with E-state index in [0.29, 0.717) is 22.3 Å². The van der Waals surface area contributed by atoms with E-state index in [4.69, 9.17) is 13.7 Å². The van der Waals surface area contributed by atoms with Crippen LogP contribution >= 0.6 is 0 Å². The Bertz CT molecular complexity index is 3070. The zero-order valence-electron chi connectivity index (χ0n) is 35.1. The third kappa shape index (κ3) is 4.37. The summed E-state index contributed by atoms with van der Waals surface area (Å²) < 4.78 is 86.1. The number of imidazole rings is 1. The van der Waals surface area contributed by atoms with Crippen LogP contribution in [0.25, 0.3) is 82.4 Å². The molecule has 0 bridgehead atoms. The van der Waals surface area contributed by atoms with E-state index in [1.807, 2.05) is 97.1 Å². The predicted octanol–water partition coefficient (Wildman–Crippen LogP) is 12.0. The Morgan fingerprint density at radius 2 is 1.26 bits per heavy atom. The van der Waals surface area contributed by atoms with Crippen LogP contribution in [-0.4, -0.2) is 9.55 Å². The maximum atomic E-state index is 8.80. The van der Waals surface area contributed by atoms with E-state index in [2.05, 4.69) is 17.1 Å². The van der Waals surface area contributed by atoms with Crippen molar-refractivity contribution in [1.29, 1.82) is 0 Å². The molecular formula is C45H32N2. The minimum atomic E-state index is -2.99. The van der Waals surface area contributed by atoms with Gasteiger partial charge in [0, 0.05) is 18.6 Å². The Kier molecular flexibility index (Phi) is 4.46. The summed E-state index contributed by atoms with van der Waals surface area (Å²) in [4.78, 5) is 4.56. The lowest BCUT2D eigenvalue weighted by molar-refractivity contribution is 0.913. The highest BCUT2D eigenvalue weighted by molar-refractivity contribution is 6.24. The average molecular weight is 611 g/mol. The fraction of sp³-hybridized carbons (Fsp3) is 0.0444. The largest absolute Gasteiger partial charge is 0.296 e. The molecule has 0 atom stereocenters. The van der Waals surface area contributed by atoms with E-state index >= 15 is 0 Å². The van der Waals surface area contributed by atoms with Crippen molar-refractivity contribution in [2.45, 2.75) is 13.2 Å². The maximum absolute atomic E-state index is 8.80. The molecule has 1 heterocycles. The molecule has 0 radical (unpaired) electrons. The van der Waals surface area contributed by atoms with Crippen molar-refractivity contribution in [3.63, 3.8) is 0 Å². The Hall–Kier alpha value is -5.99. The lowest BCUT2D eigenvalue weighted by atomic mass is 9.83. The van der Waals surface area contributed by atoms with Crippen molar-refractivity contribution in [3.05, 3.63) is 169 Å². The fourth-order valence-corrected chi connectivity index (χ4v) is 6.98. The van der Waals surface area contributed by atoms with Crippen molar-refractivity contribution in [2.75, 3.05) is 0 Å². The summed E-state index contributed by atoms with van der Waals surface area (Å²) in [6.45, 7) is -2.99. The highest BCUT2D eigenvalue weighted by Crippen LogP contribution is 2.47. The Labute approximate surface area is 288 Å². The molecule has 0 amide bonds. The summed E-state index contributed by atoms with van der Waals surface area (Å²) in [5.74, 6) is -0.218. The predicted molar refractivity (Wildman–Crippen MR) is 199 cm³/mol. The quantitative estimate of drug-likeness (QED) is 0.177. The van der Waals surface area contributed by atoms with Crippen LogP contribution in [0.15, 0.2) is 164 Å². The lowest BCUT2D eigenvalue weighted by Gasteiger charge is -2.21. The number of hydrogen-bond donors (Lipinski definition) is 0. The molecule has 222 valence electrons. The summed E-state index contributed by atoms with van der Waals surface area (Å²) in [6, 6.07) is 40.7. The average Bonchev–Trinajstić information content (AvgIpc) is 3.61. The highest BCUT2D eigenvalue weighted by Gasteiger charge is 2.21. The molecule has 0 unspecified atom stereocenters. The number of nitrogens with zero attached hydrogens (tertiary/aromatic N) is 2. The van der Waals surface area contributed by atoms with Crippen LogP contribution in [0.5, 0.6) is 0 Å². The van der Waals surface area contributed by atoms with Gasteiger partial charge in [-0.15, -0.1) is 0 Å². The van der Waals surface area contributed by atoms with E-state index in [1.165, 1.54) is 0 Å². The van der Waals surface area contributed by atoms with Crippen LogP contribution in [0.4, 0.5) is 0 Å². The number of fused-ring (bicyclic) bond motifs is 4. The molecule has 1 aromatic heterocycles. The van der Waals surface area contributed by atoms with Gasteiger partial charge in [-0.2, -0.15) is 0 Å². The standard InChI is InChI=1S/C45H32N2/c1-2-43-46-40-23-13-14-24-42(40)47(43)41-28-27-37(33-19-9-10-20-34(33)41)45-36-22-12-11-21-35(36)44(31-17-7-4-8-18-31)39-29-32(25-26-38(39)45)30-15-5-3-6-16-30/h3-29H,2H2,1H3/i1D3,2D2,3D,5D,6D,15D,16D. The first-order valence-electron chi connectivity index (χ1n) is 20.4. The van der Waals surface area contributed by atoms with E-state index in [0.717, 1.165) is 54.6 Å². The molecule has 8 aromatic carbocycles. The van der Waals surface area contributed by atoms with Gasteiger partial charge in [0.2, 0.25) is 0 Å². The zero-order chi connectivity index (χ0) is 40.0. The Morgan fingerprint density at radius 3 is 2.06 bits per heavy atom. The molecule has 0 fully saturated rings. The minimum Gasteiger partial charge on any atom is -0.296 e. The third-order valence-corrected chi connectivity index (χ3v) is 8.96.